The molecule has 4 heteroatoms. The maximum absolute atomic E-state index is 11.9. The summed E-state index contributed by atoms with van der Waals surface area (Å²) in [5.41, 5.74) is 0. The first-order valence-electron chi connectivity index (χ1n) is 5.41. The lowest BCUT2D eigenvalue weighted by atomic mass is 10.1. The van der Waals surface area contributed by atoms with E-state index in [1.165, 1.54) is 0 Å². The van der Waals surface area contributed by atoms with E-state index < -0.39 is 0 Å². The Morgan fingerprint density at radius 3 is 3.07 bits per heavy atom. The highest BCUT2D eigenvalue weighted by Gasteiger charge is 2.30. The minimum absolute atomic E-state index is 0.153. The van der Waals surface area contributed by atoms with Crippen molar-refractivity contribution in [2.45, 2.75) is 31.9 Å². The van der Waals surface area contributed by atoms with Gasteiger partial charge in [-0.3, -0.25) is 4.79 Å². The Kier molecular flexibility index (Phi) is 3.03. The topological polar surface area (TPSA) is 41.6 Å². The summed E-state index contributed by atoms with van der Waals surface area (Å²) in [4.78, 5) is 13.8. The number of amides is 1. The molecule has 1 amide bonds. The van der Waals surface area contributed by atoms with Crippen LogP contribution in [0.2, 0.25) is 0 Å². The summed E-state index contributed by atoms with van der Waals surface area (Å²) in [5.74, 6) is 0.191. The van der Waals surface area contributed by atoms with Crippen LogP contribution in [-0.2, 0) is 9.53 Å². The number of piperazine rings is 1. The first-order valence-corrected chi connectivity index (χ1v) is 5.41. The second-order valence-electron chi connectivity index (χ2n) is 4.14. The minimum Gasteiger partial charge on any atom is -0.368 e. The van der Waals surface area contributed by atoms with Crippen molar-refractivity contribution in [2.75, 3.05) is 26.2 Å². The van der Waals surface area contributed by atoms with Crippen LogP contribution in [0.1, 0.15) is 19.8 Å². The molecule has 0 aromatic heterocycles. The van der Waals surface area contributed by atoms with Gasteiger partial charge in [-0.25, -0.2) is 0 Å². The van der Waals surface area contributed by atoms with Gasteiger partial charge in [-0.1, -0.05) is 0 Å². The van der Waals surface area contributed by atoms with Gasteiger partial charge in [-0.15, -0.1) is 0 Å². The van der Waals surface area contributed by atoms with Crippen LogP contribution in [0.5, 0.6) is 0 Å². The van der Waals surface area contributed by atoms with Crippen molar-refractivity contribution >= 4 is 5.91 Å². The molecule has 2 fully saturated rings. The van der Waals surface area contributed by atoms with Crippen LogP contribution in [0.4, 0.5) is 0 Å². The Balaban J connectivity index is 1.89. The number of nitrogens with zero attached hydrogens (tertiary/aromatic N) is 1. The van der Waals surface area contributed by atoms with Crippen LogP contribution in [-0.4, -0.2) is 49.2 Å². The lowest BCUT2D eigenvalue weighted by Crippen LogP contribution is -2.53. The van der Waals surface area contributed by atoms with E-state index in [2.05, 4.69) is 12.2 Å². The summed E-state index contributed by atoms with van der Waals surface area (Å²) in [6.45, 7) is 5.40. The zero-order valence-corrected chi connectivity index (χ0v) is 8.66. The molecule has 0 spiro atoms. The van der Waals surface area contributed by atoms with Gasteiger partial charge in [0, 0.05) is 32.3 Å². The fourth-order valence-electron chi connectivity index (χ4n) is 2.11. The van der Waals surface area contributed by atoms with Crippen LogP contribution in [0.3, 0.4) is 0 Å². The molecule has 4 nitrogen and oxygen atoms in total. The Morgan fingerprint density at radius 1 is 1.57 bits per heavy atom. The third kappa shape index (κ3) is 2.07. The summed E-state index contributed by atoms with van der Waals surface area (Å²) in [6.07, 6.45) is 1.77. The molecule has 0 aliphatic carbocycles. The largest absolute Gasteiger partial charge is 0.368 e. The van der Waals surface area contributed by atoms with E-state index >= 15 is 0 Å². The SMILES string of the molecule is C[C@@H]1CN(C(=O)[C@H]2CCCO2)CCN1. The Hall–Kier alpha value is -0.610. The van der Waals surface area contributed by atoms with Gasteiger partial charge in [-0.2, -0.15) is 0 Å². The Labute approximate surface area is 84.6 Å². The minimum atomic E-state index is -0.153. The zero-order chi connectivity index (χ0) is 9.97. The third-order valence-corrected chi connectivity index (χ3v) is 2.89. The van der Waals surface area contributed by atoms with Gasteiger partial charge >= 0.3 is 0 Å². The summed E-state index contributed by atoms with van der Waals surface area (Å²) in [5, 5.41) is 3.32. The molecule has 0 bridgehead atoms. The second kappa shape index (κ2) is 4.28. The third-order valence-electron chi connectivity index (χ3n) is 2.89. The van der Waals surface area contributed by atoms with Crippen LogP contribution in [0.25, 0.3) is 0 Å². The average Bonchev–Trinajstić information content (AvgIpc) is 2.69. The van der Waals surface area contributed by atoms with Crippen LogP contribution < -0.4 is 5.32 Å². The molecule has 2 rings (SSSR count). The molecule has 14 heavy (non-hydrogen) atoms. The summed E-state index contributed by atoms with van der Waals surface area (Å²) < 4.78 is 5.39. The monoisotopic (exact) mass is 198 g/mol. The average molecular weight is 198 g/mol. The molecule has 2 saturated heterocycles. The van der Waals surface area contributed by atoms with Crippen molar-refractivity contribution in [2.24, 2.45) is 0 Å². The number of hydrogen-bond acceptors (Lipinski definition) is 3. The standard InChI is InChI=1S/C10H18N2O2/c1-8-7-12(5-4-11-8)10(13)9-3-2-6-14-9/h8-9,11H,2-7H2,1H3/t8-,9-/m1/s1. The number of ether oxygens (including phenoxy) is 1. The summed E-state index contributed by atoms with van der Waals surface area (Å²) in [6, 6.07) is 0.411. The fraction of sp³-hybridized carbons (Fsp3) is 0.900. The number of nitrogens with one attached hydrogen (secondary N) is 1. The highest BCUT2D eigenvalue weighted by Crippen LogP contribution is 2.15. The van der Waals surface area contributed by atoms with Gasteiger partial charge in [0.05, 0.1) is 0 Å². The quantitative estimate of drug-likeness (QED) is 0.644. The van der Waals surface area contributed by atoms with Crippen molar-refractivity contribution in [1.29, 1.82) is 0 Å². The molecule has 0 unspecified atom stereocenters. The van der Waals surface area contributed by atoms with E-state index in [0.717, 1.165) is 39.1 Å². The second-order valence-corrected chi connectivity index (χ2v) is 4.14. The number of carbonyl (C=O) groups excluding carboxylic acids is 1. The smallest absolute Gasteiger partial charge is 0.251 e. The van der Waals surface area contributed by atoms with E-state index in [0.29, 0.717) is 6.04 Å². The van der Waals surface area contributed by atoms with E-state index in [1.807, 2.05) is 4.90 Å². The van der Waals surface area contributed by atoms with Crippen molar-refractivity contribution in [3.8, 4) is 0 Å². The molecule has 80 valence electrons. The van der Waals surface area contributed by atoms with Crippen molar-refractivity contribution in [3.05, 3.63) is 0 Å². The highest BCUT2D eigenvalue weighted by atomic mass is 16.5. The van der Waals surface area contributed by atoms with Crippen LogP contribution in [0, 0.1) is 0 Å². The molecule has 2 aliphatic heterocycles. The first-order chi connectivity index (χ1) is 6.77. The molecule has 2 aliphatic rings. The molecule has 0 radical (unpaired) electrons. The maximum Gasteiger partial charge on any atom is 0.251 e. The lowest BCUT2D eigenvalue weighted by Gasteiger charge is -2.33. The molecular weight excluding hydrogens is 180 g/mol. The molecule has 0 saturated carbocycles. The number of carbonyl (C=O) groups is 1. The van der Waals surface area contributed by atoms with Gasteiger partial charge in [0.15, 0.2) is 0 Å². The fourth-order valence-corrected chi connectivity index (χ4v) is 2.11. The van der Waals surface area contributed by atoms with Crippen LogP contribution >= 0.6 is 0 Å². The molecule has 0 aromatic carbocycles. The molecule has 2 heterocycles. The molecule has 2 atom stereocenters. The normalized spacial score (nSPS) is 33.4. The lowest BCUT2D eigenvalue weighted by molar-refractivity contribution is -0.142. The summed E-state index contributed by atoms with van der Waals surface area (Å²) in [7, 11) is 0. The maximum atomic E-state index is 11.9. The number of hydrogen-bond donors (Lipinski definition) is 1. The van der Waals surface area contributed by atoms with E-state index in [9.17, 15) is 4.79 Å². The van der Waals surface area contributed by atoms with E-state index in [1.54, 1.807) is 0 Å². The zero-order valence-electron chi connectivity index (χ0n) is 8.66. The number of rotatable bonds is 1. The van der Waals surface area contributed by atoms with Gasteiger partial charge in [-0.05, 0) is 19.8 Å². The first kappa shape index (κ1) is 9.93. The Bertz CT molecular complexity index is 214. The van der Waals surface area contributed by atoms with Gasteiger partial charge in [0.25, 0.3) is 5.91 Å². The van der Waals surface area contributed by atoms with Crippen molar-refractivity contribution in [3.63, 3.8) is 0 Å². The summed E-state index contributed by atoms with van der Waals surface area (Å²) >= 11 is 0. The highest BCUT2D eigenvalue weighted by molar-refractivity contribution is 5.81. The van der Waals surface area contributed by atoms with Crippen molar-refractivity contribution in [1.82, 2.24) is 10.2 Å². The molecule has 0 aromatic rings. The van der Waals surface area contributed by atoms with Crippen LogP contribution in [0.15, 0.2) is 0 Å². The van der Waals surface area contributed by atoms with Crippen molar-refractivity contribution < 1.29 is 9.53 Å². The molecular formula is C10H18N2O2. The van der Waals surface area contributed by atoms with Gasteiger partial charge < -0.3 is 15.0 Å². The van der Waals surface area contributed by atoms with E-state index in [4.69, 9.17) is 4.74 Å². The predicted molar refractivity (Wildman–Crippen MR) is 53.0 cm³/mol. The van der Waals surface area contributed by atoms with Gasteiger partial charge in [0.1, 0.15) is 6.10 Å². The molecule has 1 N–H and O–H groups in total. The predicted octanol–water partition coefficient (Wildman–Crippen LogP) is -0.0143. The Morgan fingerprint density at radius 2 is 2.43 bits per heavy atom. The van der Waals surface area contributed by atoms with Gasteiger partial charge in [0.2, 0.25) is 0 Å². The van der Waals surface area contributed by atoms with E-state index in [-0.39, 0.29) is 12.0 Å².